The van der Waals surface area contributed by atoms with Gasteiger partial charge in [0.1, 0.15) is 12.3 Å². The molecule has 0 atom stereocenters. The summed E-state index contributed by atoms with van der Waals surface area (Å²) in [6.45, 7) is -0.0380. The zero-order chi connectivity index (χ0) is 17.3. The van der Waals surface area contributed by atoms with Crippen LogP contribution in [-0.4, -0.2) is 25.3 Å². The fourth-order valence-corrected chi connectivity index (χ4v) is 1.54. The predicted octanol–water partition coefficient (Wildman–Crippen LogP) is 3.31. The minimum Gasteiger partial charge on any atom is -0.464 e. The van der Waals surface area contributed by atoms with E-state index in [1.807, 2.05) is 0 Å². The van der Waals surface area contributed by atoms with Crippen LogP contribution in [-0.2, 0) is 20.9 Å². The van der Waals surface area contributed by atoms with E-state index in [-0.39, 0.29) is 6.61 Å². The topological polar surface area (TPSA) is 64.6 Å². The van der Waals surface area contributed by atoms with Gasteiger partial charge in [0.05, 0.1) is 7.11 Å². The number of esters is 1. The molecule has 5 nitrogen and oxygen atoms in total. The standard InChI is InChI=1S/C15H16F3NO4/c1-22-13(20)12(8-5-9-15(16,17)18)19-14(21)23-10-11-6-3-2-4-7-11/h2-4,6-8H,5,9-10H2,1H3,(H,19,21). The fourth-order valence-electron chi connectivity index (χ4n) is 1.54. The number of ether oxygens (including phenoxy) is 2. The Bertz CT molecular complexity index is 556. The fraction of sp³-hybridized carbons (Fsp3) is 0.333. The Morgan fingerprint density at radius 3 is 2.43 bits per heavy atom. The number of hydrogen-bond donors (Lipinski definition) is 1. The summed E-state index contributed by atoms with van der Waals surface area (Å²) in [7, 11) is 1.05. The van der Waals surface area contributed by atoms with Gasteiger partial charge in [0, 0.05) is 6.42 Å². The molecule has 0 aromatic heterocycles. The van der Waals surface area contributed by atoms with Crippen molar-refractivity contribution < 1.29 is 32.2 Å². The number of carbonyl (C=O) groups is 2. The quantitative estimate of drug-likeness (QED) is 0.641. The van der Waals surface area contributed by atoms with E-state index in [2.05, 4.69) is 10.1 Å². The number of rotatable bonds is 6. The average Bonchev–Trinajstić information content (AvgIpc) is 2.51. The third kappa shape index (κ3) is 7.89. The van der Waals surface area contributed by atoms with E-state index >= 15 is 0 Å². The van der Waals surface area contributed by atoms with E-state index in [0.29, 0.717) is 0 Å². The van der Waals surface area contributed by atoms with Crippen molar-refractivity contribution in [3.8, 4) is 0 Å². The van der Waals surface area contributed by atoms with E-state index in [1.54, 1.807) is 30.3 Å². The first-order valence-corrected chi connectivity index (χ1v) is 6.65. The maximum Gasteiger partial charge on any atom is 0.412 e. The Morgan fingerprint density at radius 1 is 1.22 bits per heavy atom. The summed E-state index contributed by atoms with van der Waals surface area (Å²) >= 11 is 0. The number of hydrogen-bond acceptors (Lipinski definition) is 4. The van der Waals surface area contributed by atoms with E-state index < -0.39 is 36.8 Å². The number of allylic oxidation sites excluding steroid dienone is 1. The lowest BCUT2D eigenvalue weighted by Crippen LogP contribution is -2.28. The SMILES string of the molecule is COC(=O)C(=CCCC(F)(F)F)NC(=O)OCc1ccccc1. The summed E-state index contributed by atoms with van der Waals surface area (Å²) in [4.78, 5) is 23.0. The van der Waals surface area contributed by atoms with Gasteiger partial charge in [-0.3, -0.25) is 5.32 Å². The molecule has 0 aliphatic rings. The zero-order valence-electron chi connectivity index (χ0n) is 12.4. The largest absolute Gasteiger partial charge is 0.464 e. The molecule has 1 rings (SSSR count). The first-order valence-electron chi connectivity index (χ1n) is 6.65. The molecule has 0 radical (unpaired) electrons. The molecule has 8 heteroatoms. The van der Waals surface area contributed by atoms with Gasteiger partial charge in [0.25, 0.3) is 0 Å². The second kappa shape index (κ2) is 8.82. The van der Waals surface area contributed by atoms with Gasteiger partial charge in [-0.25, -0.2) is 9.59 Å². The number of halogens is 3. The number of alkyl carbamates (subject to hydrolysis) is 1. The van der Waals surface area contributed by atoms with Crippen molar-refractivity contribution in [2.75, 3.05) is 7.11 Å². The summed E-state index contributed by atoms with van der Waals surface area (Å²) in [5.74, 6) is -0.955. The molecule has 0 spiro atoms. The second-order valence-electron chi connectivity index (χ2n) is 4.45. The summed E-state index contributed by atoms with van der Waals surface area (Å²) in [6.07, 6.45) is -5.95. The molecule has 0 fully saturated rings. The van der Waals surface area contributed by atoms with Gasteiger partial charge in [-0.2, -0.15) is 13.2 Å². The molecule has 1 amide bonds. The number of amides is 1. The first kappa shape index (κ1) is 18.5. The van der Waals surface area contributed by atoms with Crippen LogP contribution in [0.4, 0.5) is 18.0 Å². The first-order chi connectivity index (χ1) is 10.8. The lowest BCUT2D eigenvalue weighted by atomic mass is 10.2. The third-order valence-electron chi connectivity index (χ3n) is 2.63. The molecule has 1 N–H and O–H groups in total. The van der Waals surface area contributed by atoms with E-state index in [1.165, 1.54) is 0 Å². The monoisotopic (exact) mass is 331 g/mol. The minimum atomic E-state index is -4.36. The highest BCUT2D eigenvalue weighted by Crippen LogP contribution is 2.21. The highest BCUT2D eigenvalue weighted by molar-refractivity contribution is 5.92. The molecule has 0 aliphatic carbocycles. The third-order valence-corrected chi connectivity index (χ3v) is 2.63. The van der Waals surface area contributed by atoms with Gasteiger partial charge in [-0.15, -0.1) is 0 Å². The normalized spacial score (nSPS) is 11.7. The van der Waals surface area contributed by atoms with Crippen LogP contribution in [0.25, 0.3) is 0 Å². The van der Waals surface area contributed by atoms with Crippen LogP contribution in [0.5, 0.6) is 0 Å². The lowest BCUT2D eigenvalue weighted by Gasteiger charge is -2.10. The van der Waals surface area contributed by atoms with E-state index in [9.17, 15) is 22.8 Å². The molecule has 0 saturated carbocycles. The Labute approximate surface area is 131 Å². The number of methoxy groups -OCH3 is 1. The molecule has 1 aromatic rings. The molecular weight excluding hydrogens is 315 g/mol. The van der Waals surface area contributed by atoms with Crippen LogP contribution in [0.15, 0.2) is 42.1 Å². The van der Waals surface area contributed by atoms with Crippen LogP contribution >= 0.6 is 0 Å². The molecule has 0 saturated heterocycles. The second-order valence-corrected chi connectivity index (χ2v) is 4.45. The van der Waals surface area contributed by atoms with Gasteiger partial charge >= 0.3 is 18.2 Å². The van der Waals surface area contributed by atoms with Crippen LogP contribution in [0, 0.1) is 0 Å². The van der Waals surface area contributed by atoms with Gasteiger partial charge < -0.3 is 9.47 Å². The number of nitrogens with one attached hydrogen (secondary N) is 1. The van der Waals surface area contributed by atoms with Gasteiger partial charge in [0.15, 0.2) is 0 Å². The molecule has 0 bridgehead atoms. The smallest absolute Gasteiger partial charge is 0.412 e. The Morgan fingerprint density at radius 2 is 1.87 bits per heavy atom. The van der Waals surface area contributed by atoms with Crippen LogP contribution < -0.4 is 5.32 Å². The molecule has 126 valence electrons. The summed E-state index contributed by atoms with van der Waals surface area (Å²) < 4.78 is 45.6. The number of benzene rings is 1. The average molecular weight is 331 g/mol. The van der Waals surface area contributed by atoms with Crippen LogP contribution in [0.2, 0.25) is 0 Å². The Balaban J connectivity index is 2.57. The minimum absolute atomic E-state index is 0.0380. The van der Waals surface area contributed by atoms with Crippen molar-refractivity contribution in [3.63, 3.8) is 0 Å². The molecule has 0 unspecified atom stereocenters. The lowest BCUT2D eigenvalue weighted by molar-refractivity contribution is -0.137. The molecule has 0 heterocycles. The Hall–Kier alpha value is -2.51. The summed E-state index contributed by atoms with van der Waals surface area (Å²) in [5.41, 5.74) is 0.332. The molecule has 0 aliphatic heterocycles. The maximum absolute atomic E-state index is 12.1. The molecular formula is C15H16F3NO4. The van der Waals surface area contributed by atoms with E-state index in [0.717, 1.165) is 18.7 Å². The van der Waals surface area contributed by atoms with Gasteiger partial charge in [0.2, 0.25) is 0 Å². The number of carbonyl (C=O) groups excluding carboxylic acids is 2. The maximum atomic E-state index is 12.1. The van der Waals surface area contributed by atoms with Crippen LogP contribution in [0.3, 0.4) is 0 Å². The van der Waals surface area contributed by atoms with Crippen molar-refractivity contribution in [3.05, 3.63) is 47.7 Å². The zero-order valence-corrected chi connectivity index (χ0v) is 12.4. The Kier molecular flexibility index (Phi) is 7.11. The summed E-state index contributed by atoms with van der Waals surface area (Å²) in [6, 6.07) is 8.77. The predicted molar refractivity (Wildman–Crippen MR) is 75.2 cm³/mol. The molecule has 23 heavy (non-hydrogen) atoms. The van der Waals surface area contributed by atoms with Gasteiger partial charge in [-0.1, -0.05) is 36.4 Å². The molecule has 1 aromatic carbocycles. The van der Waals surface area contributed by atoms with Crippen LogP contribution in [0.1, 0.15) is 18.4 Å². The number of alkyl halides is 3. The van der Waals surface area contributed by atoms with Crippen molar-refractivity contribution >= 4 is 12.1 Å². The van der Waals surface area contributed by atoms with Crippen molar-refractivity contribution in [2.45, 2.75) is 25.6 Å². The summed E-state index contributed by atoms with van der Waals surface area (Å²) in [5, 5.41) is 2.08. The van der Waals surface area contributed by atoms with E-state index in [4.69, 9.17) is 4.74 Å². The van der Waals surface area contributed by atoms with Crippen molar-refractivity contribution in [2.24, 2.45) is 0 Å². The van der Waals surface area contributed by atoms with Crippen molar-refractivity contribution in [1.82, 2.24) is 5.32 Å². The van der Waals surface area contributed by atoms with Gasteiger partial charge in [-0.05, 0) is 12.0 Å². The highest BCUT2D eigenvalue weighted by atomic mass is 19.4. The highest BCUT2D eigenvalue weighted by Gasteiger charge is 2.26. The van der Waals surface area contributed by atoms with Crippen molar-refractivity contribution in [1.29, 1.82) is 0 Å².